The number of azo groups is 1. The normalized spacial score (nSPS) is 17.8. The maximum absolute atomic E-state index is 5.03. The van der Waals surface area contributed by atoms with Gasteiger partial charge in [0.15, 0.2) is 0 Å². The van der Waals surface area contributed by atoms with E-state index in [1.165, 1.54) is 10.8 Å². The zero-order valence-electron chi connectivity index (χ0n) is 15.9. The second kappa shape index (κ2) is 6.60. The maximum Gasteiger partial charge on any atom is 0.102 e. The Bertz CT molecular complexity index is 1280. The van der Waals surface area contributed by atoms with E-state index in [2.05, 4.69) is 55.7 Å². The van der Waals surface area contributed by atoms with Crippen molar-refractivity contribution < 1.29 is 0 Å². The first-order chi connectivity index (χ1) is 14.4. The molecule has 2 aliphatic heterocycles. The monoisotopic (exact) mass is 380 g/mol. The maximum atomic E-state index is 5.03. The number of nitrogens with zero attached hydrogens (tertiary/aromatic N) is 5. The van der Waals surface area contributed by atoms with E-state index in [1.54, 1.807) is 0 Å². The highest BCUT2D eigenvalue weighted by atomic mass is 15.3. The Morgan fingerprint density at radius 1 is 1.00 bits per heavy atom. The Morgan fingerprint density at radius 3 is 2.72 bits per heavy atom. The molecule has 1 aliphatic carbocycles. The number of nitrogens with one attached hydrogen (secondary N) is 1. The Labute approximate surface area is 168 Å². The summed E-state index contributed by atoms with van der Waals surface area (Å²) in [6, 6.07) is 11.1. The average Bonchev–Trinajstić information content (AvgIpc) is 3.49. The highest BCUT2D eigenvalue weighted by molar-refractivity contribution is 5.85. The van der Waals surface area contributed by atoms with Crippen LogP contribution in [0.3, 0.4) is 0 Å². The predicted molar refractivity (Wildman–Crippen MR) is 112 cm³/mol. The average molecular weight is 380 g/mol. The fraction of sp³-hybridized carbons (Fsp3) is 0.217. The molecule has 142 valence electrons. The molecule has 0 bridgehead atoms. The highest BCUT2D eigenvalue weighted by Crippen LogP contribution is 2.33. The molecule has 4 heterocycles. The summed E-state index contributed by atoms with van der Waals surface area (Å²) in [7, 11) is 0. The van der Waals surface area contributed by atoms with E-state index in [4.69, 9.17) is 5.10 Å². The van der Waals surface area contributed by atoms with E-state index in [9.17, 15) is 0 Å². The summed E-state index contributed by atoms with van der Waals surface area (Å²) < 4.78 is 2.17. The summed E-state index contributed by atoms with van der Waals surface area (Å²) in [6.07, 6.45) is 12.1. The van der Waals surface area contributed by atoms with Gasteiger partial charge < -0.3 is 5.32 Å². The fourth-order valence-electron chi connectivity index (χ4n) is 4.40. The van der Waals surface area contributed by atoms with Crippen molar-refractivity contribution in [1.82, 2.24) is 20.1 Å². The molecule has 6 heteroatoms. The number of aromatic nitrogens is 3. The van der Waals surface area contributed by atoms with Crippen molar-refractivity contribution in [3.8, 4) is 22.4 Å². The van der Waals surface area contributed by atoms with Crippen LogP contribution in [0.4, 0.5) is 0 Å². The van der Waals surface area contributed by atoms with E-state index in [1.807, 2.05) is 30.7 Å². The number of pyridine rings is 1. The molecule has 0 amide bonds. The van der Waals surface area contributed by atoms with Crippen LogP contribution in [0, 0.1) is 0 Å². The van der Waals surface area contributed by atoms with Gasteiger partial charge in [-0.25, -0.2) is 0 Å². The molecule has 6 rings (SSSR count). The summed E-state index contributed by atoms with van der Waals surface area (Å²) in [4.78, 5) is 4.17. The number of hydrogen-bond donors (Lipinski definition) is 1. The lowest BCUT2D eigenvalue weighted by Crippen LogP contribution is -2.29. The van der Waals surface area contributed by atoms with Crippen molar-refractivity contribution in [3.63, 3.8) is 0 Å². The van der Waals surface area contributed by atoms with Crippen LogP contribution < -0.4 is 15.8 Å². The predicted octanol–water partition coefficient (Wildman–Crippen LogP) is 2.79. The van der Waals surface area contributed by atoms with Gasteiger partial charge in [0.1, 0.15) is 11.4 Å². The zero-order valence-corrected chi connectivity index (χ0v) is 15.9. The molecule has 0 spiro atoms. The van der Waals surface area contributed by atoms with Crippen molar-refractivity contribution in [1.29, 1.82) is 0 Å². The Hall–Kier alpha value is -3.38. The molecule has 1 N–H and O–H groups in total. The van der Waals surface area contributed by atoms with Gasteiger partial charge in [-0.2, -0.15) is 10.2 Å². The van der Waals surface area contributed by atoms with Crippen LogP contribution in [0.5, 0.6) is 0 Å². The summed E-state index contributed by atoms with van der Waals surface area (Å²) in [5.41, 5.74) is 6.50. The summed E-state index contributed by atoms with van der Waals surface area (Å²) >= 11 is 0. The van der Waals surface area contributed by atoms with Crippen LogP contribution in [-0.4, -0.2) is 27.9 Å². The van der Waals surface area contributed by atoms with E-state index < -0.39 is 0 Å². The molecular formula is C23H20N6. The minimum absolute atomic E-state index is 0.437. The van der Waals surface area contributed by atoms with Gasteiger partial charge in [0.2, 0.25) is 0 Å². The van der Waals surface area contributed by atoms with Gasteiger partial charge in [-0.05, 0) is 61.0 Å². The van der Waals surface area contributed by atoms with Crippen molar-refractivity contribution in [3.05, 3.63) is 71.1 Å². The van der Waals surface area contributed by atoms with Crippen molar-refractivity contribution in [2.45, 2.75) is 18.9 Å². The molecular weight excluding hydrogens is 360 g/mol. The smallest absolute Gasteiger partial charge is 0.102 e. The second-order valence-electron chi connectivity index (χ2n) is 7.68. The highest BCUT2D eigenvalue weighted by Gasteiger charge is 2.21. The van der Waals surface area contributed by atoms with Crippen LogP contribution in [0.1, 0.15) is 18.9 Å². The number of fused-ring (bicyclic) bond motifs is 2. The lowest BCUT2D eigenvalue weighted by atomic mass is 10.0. The summed E-state index contributed by atoms with van der Waals surface area (Å²) in [6.45, 7) is 2.08. The molecule has 3 aliphatic rings. The van der Waals surface area contributed by atoms with Gasteiger partial charge in [-0.15, -0.1) is 5.11 Å². The van der Waals surface area contributed by atoms with E-state index in [0.29, 0.717) is 6.04 Å². The van der Waals surface area contributed by atoms with Gasteiger partial charge >= 0.3 is 0 Å². The lowest BCUT2D eigenvalue weighted by Gasteiger charge is -2.22. The van der Waals surface area contributed by atoms with Gasteiger partial charge in [-0.1, -0.05) is 12.1 Å². The second-order valence-corrected chi connectivity index (χ2v) is 7.68. The molecule has 0 atom stereocenters. The summed E-state index contributed by atoms with van der Waals surface area (Å²) in [5.74, 6) is 0. The number of piperidine rings is 1. The molecule has 29 heavy (non-hydrogen) atoms. The number of hydrogen-bond acceptors (Lipinski definition) is 5. The third-order valence-electron chi connectivity index (χ3n) is 5.93. The number of benzene rings is 1. The standard InChI is InChI=1S/C23H20N6/c1-2-20-17(12-18-13-26-27-22(18)20)11-16(1)21-14-29(19-5-9-25-10-6-19)28-23(21)15-3-7-24-8-4-15/h1-4,7-8,11-14,19,25H,5-6,9-10H2. The largest absolute Gasteiger partial charge is 0.317 e. The SMILES string of the molecule is C1=C2C=c3cc(-c4cn(C5CCNCC5)nc4-c4ccncc4)ccc3=C2N=N1. The van der Waals surface area contributed by atoms with Gasteiger partial charge in [0.05, 0.1) is 12.2 Å². The Balaban J connectivity index is 1.51. The zero-order chi connectivity index (χ0) is 19.2. The van der Waals surface area contributed by atoms with Crippen LogP contribution >= 0.6 is 0 Å². The van der Waals surface area contributed by atoms with Crippen molar-refractivity contribution in [2.75, 3.05) is 13.1 Å². The van der Waals surface area contributed by atoms with Crippen molar-refractivity contribution >= 4 is 11.8 Å². The molecule has 1 saturated heterocycles. The first-order valence-electron chi connectivity index (χ1n) is 10.0. The Kier molecular flexibility index (Phi) is 3.77. The van der Waals surface area contributed by atoms with E-state index in [0.717, 1.165) is 59.2 Å². The lowest BCUT2D eigenvalue weighted by molar-refractivity contribution is 0.344. The van der Waals surface area contributed by atoms with Crippen LogP contribution in [0.25, 0.3) is 34.2 Å². The molecule has 3 aromatic rings. The third-order valence-corrected chi connectivity index (χ3v) is 5.93. The molecule has 0 unspecified atom stereocenters. The molecule has 0 radical (unpaired) electrons. The van der Waals surface area contributed by atoms with Gasteiger partial charge in [0, 0.05) is 40.5 Å². The minimum atomic E-state index is 0.437. The number of rotatable bonds is 3. The van der Waals surface area contributed by atoms with Gasteiger partial charge in [-0.3, -0.25) is 9.67 Å². The van der Waals surface area contributed by atoms with E-state index in [-0.39, 0.29) is 0 Å². The Morgan fingerprint density at radius 2 is 1.86 bits per heavy atom. The van der Waals surface area contributed by atoms with Crippen LogP contribution in [0.2, 0.25) is 0 Å². The molecule has 6 nitrogen and oxygen atoms in total. The molecule has 1 aromatic carbocycles. The quantitative estimate of drug-likeness (QED) is 0.760. The topological polar surface area (TPSA) is 67.5 Å². The molecule has 2 aromatic heterocycles. The molecule has 1 fully saturated rings. The minimum Gasteiger partial charge on any atom is -0.317 e. The first kappa shape index (κ1) is 16.6. The van der Waals surface area contributed by atoms with Crippen LogP contribution in [0.15, 0.2) is 70.9 Å². The third kappa shape index (κ3) is 2.76. The van der Waals surface area contributed by atoms with Gasteiger partial charge in [0.25, 0.3) is 0 Å². The first-order valence-corrected chi connectivity index (χ1v) is 10.0. The van der Waals surface area contributed by atoms with E-state index >= 15 is 0 Å². The fourth-order valence-corrected chi connectivity index (χ4v) is 4.40. The molecule has 0 saturated carbocycles. The van der Waals surface area contributed by atoms with Crippen molar-refractivity contribution in [2.24, 2.45) is 10.2 Å². The van der Waals surface area contributed by atoms with Crippen LogP contribution in [-0.2, 0) is 0 Å². The summed E-state index contributed by atoms with van der Waals surface area (Å²) in [5, 5.41) is 19.1.